The molecule has 0 radical (unpaired) electrons. The lowest BCUT2D eigenvalue weighted by molar-refractivity contribution is -0.129. The highest BCUT2D eigenvalue weighted by molar-refractivity contribution is 6.17. The summed E-state index contributed by atoms with van der Waals surface area (Å²) in [5.74, 6) is 1.16. The van der Waals surface area contributed by atoms with Gasteiger partial charge in [0.1, 0.15) is 0 Å². The van der Waals surface area contributed by atoms with Crippen LogP contribution in [0.4, 0.5) is 0 Å². The van der Waals surface area contributed by atoms with Gasteiger partial charge in [0.05, 0.1) is 21.3 Å². The largest absolute Gasteiger partial charge is 0.493 e. The first-order valence-electron chi connectivity index (χ1n) is 8.96. The number of carbonyl (C=O) groups is 1. The minimum Gasteiger partial charge on any atom is -0.493 e. The van der Waals surface area contributed by atoms with Crippen molar-refractivity contribution in [2.45, 2.75) is 0 Å². The normalized spacial score (nSPS) is 14.7. The van der Waals surface area contributed by atoms with Crippen molar-refractivity contribution >= 4 is 28.7 Å². The number of hydrogen-bond acceptors (Lipinski definition) is 6. The summed E-state index contributed by atoms with van der Waals surface area (Å²) in [4.78, 5) is 16.9. The van der Waals surface area contributed by atoms with Crippen LogP contribution in [-0.4, -0.2) is 33.2 Å². The molecule has 0 amide bonds. The van der Waals surface area contributed by atoms with E-state index in [1.54, 1.807) is 25.3 Å². The van der Waals surface area contributed by atoms with E-state index in [-0.39, 0.29) is 11.6 Å². The van der Waals surface area contributed by atoms with Crippen LogP contribution in [0.15, 0.2) is 65.3 Å². The Hall–Kier alpha value is -3.80. The minimum atomic E-state index is -0.523. The number of benzene rings is 3. The second kappa shape index (κ2) is 7.67. The Morgan fingerprint density at radius 3 is 2.38 bits per heavy atom. The predicted octanol–water partition coefficient (Wildman–Crippen LogP) is 4.21. The maximum Gasteiger partial charge on any atom is 0.363 e. The van der Waals surface area contributed by atoms with E-state index in [9.17, 15) is 4.79 Å². The number of methoxy groups -OCH3 is 3. The summed E-state index contributed by atoms with van der Waals surface area (Å²) in [6, 6.07) is 17.2. The summed E-state index contributed by atoms with van der Waals surface area (Å²) >= 11 is 0. The van der Waals surface area contributed by atoms with Crippen LogP contribution in [0.2, 0.25) is 0 Å². The number of hydrogen-bond donors (Lipinski definition) is 0. The van der Waals surface area contributed by atoms with Crippen LogP contribution in [0.5, 0.6) is 17.2 Å². The molecule has 3 aromatic rings. The highest BCUT2D eigenvalue weighted by Gasteiger charge is 2.26. The van der Waals surface area contributed by atoms with E-state index in [2.05, 4.69) is 4.99 Å². The van der Waals surface area contributed by atoms with Gasteiger partial charge >= 0.3 is 5.97 Å². The molecule has 0 N–H and O–H groups in total. The number of ether oxygens (including phenoxy) is 4. The van der Waals surface area contributed by atoms with E-state index < -0.39 is 5.97 Å². The molecule has 0 aromatic heterocycles. The first-order chi connectivity index (χ1) is 14.2. The van der Waals surface area contributed by atoms with Crippen LogP contribution < -0.4 is 14.2 Å². The molecule has 1 aliphatic heterocycles. The van der Waals surface area contributed by atoms with E-state index in [0.717, 1.165) is 16.3 Å². The third kappa shape index (κ3) is 3.29. The number of nitrogens with zero attached hydrogens (tertiary/aromatic N) is 1. The predicted molar refractivity (Wildman–Crippen MR) is 111 cm³/mol. The van der Waals surface area contributed by atoms with Gasteiger partial charge in [0.25, 0.3) is 0 Å². The first kappa shape index (κ1) is 18.6. The lowest BCUT2D eigenvalue weighted by atomic mass is 10.0. The summed E-state index contributed by atoms with van der Waals surface area (Å²) < 4.78 is 21.6. The molecule has 0 fully saturated rings. The molecule has 0 saturated carbocycles. The summed E-state index contributed by atoms with van der Waals surface area (Å²) in [7, 11) is 4.60. The second-order valence-corrected chi connectivity index (χ2v) is 6.29. The van der Waals surface area contributed by atoms with Gasteiger partial charge in [0, 0.05) is 11.1 Å². The molecule has 6 nitrogen and oxygen atoms in total. The van der Waals surface area contributed by atoms with Crippen LogP contribution in [-0.2, 0) is 9.53 Å². The number of aliphatic imine (C=N–C) groups is 1. The first-order valence-corrected chi connectivity index (χ1v) is 8.96. The third-order valence-corrected chi connectivity index (χ3v) is 4.67. The third-order valence-electron chi connectivity index (χ3n) is 4.67. The fraction of sp³-hybridized carbons (Fsp3) is 0.130. The molecule has 0 aliphatic carbocycles. The zero-order valence-corrected chi connectivity index (χ0v) is 16.3. The van der Waals surface area contributed by atoms with Crippen LogP contribution in [0.3, 0.4) is 0 Å². The topological polar surface area (TPSA) is 66.4 Å². The van der Waals surface area contributed by atoms with Gasteiger partial charge in [-0.1, -0.05) is 36.4 Å². The average Bonchev–Trinajstić information content (AvgIpc) is 3.12. The molecule has 29 heavy (non-hydrogen) atoms. The highest BCUT2D eigenvalue weighted by Crippen LogP contribution is 2.41. The molecule has 4 rings (SSSR count). The van der Waals surface area contributed by atoms with Crippen LogP contribution >= 0.6 is 0 Å². The number of rotatable bonds is 5. The van der Waals surface area contributed by atoms with Crippen molar-refractivity contribution in [3.05, 3.63) is 71.4 Å². The Morgan fingerprint density at radius 2 is 1.62 bits per heavy atom. The molecule has 6 heteroatoms. The number of carbonyl (C=O) groups excluding carboxylic acids is 1. The van der Waals surface area contributed by atoms with Gasteiger partial charge in [-0.15, -0.1) is 0 Å². The minimum absolute atomic E-state index is 0.179. The van der Waals surface area contributed by atoms with Crippen molar-refractivity contribution in [1.29, 1.82) is 0 Å². The molecule has 0 unspecified atom stereocenters. The van der Waals surface area contributed by atoms with Gasteiger partial charge in [0.15, 0.2) is 17.2 Å². The Balaban J connectivity index is 1.80. The summed E-state index contributed by atoms with van der Waals surface area (Å²) in [5, 5.41) is 2.01. The number of fused-ring (bicyclic) bond motifs is 1. The molecule has 0 bridgehead atoms. The van der Waals surface area contributed by atoms with Crippen LogP contribution in [0.1, 0.15) is 11.1 Å². The summed E-state index contributed by atoms with van der Waals surface area (Å²) in [5.41, 5.74) is 1.57. The Labute approximate surface area is 168 Å². The Bertz CT molecular complexity index is 1160. The van der Waals surface area contributed by atoms with Crippen molar-refractivity contribution < 1.29 is 23.7 Å². The van der Waals surface area contributed by atoms with Crippen molar-refractivity contribution in [2.24, 2.45) is 4.99 Å². The summed E-state index contributed by atoms with van der Waals surface area (Å²) in [6.07, 6.45) is 1.61. The van der Waals surface area contributed by atoms with Crippen molar-refractivity contribution in [3.8, 4) is 17.2 Å². The van der Waals surface area contributed by atoms with Crippen molar-refractivity contribution in [2.75, 3.05) is 21.3 Å². The zero-order valence-electron chi connectivity index (χ0n) is 16.3. The molecule has 146 valence electrons. The van der Waals surface area contributed by atoms with Crippen molar-refractivity contribution in [3.63, 3.8) is 0 Å². The maximum atomic E-state index is 12.5. The van der Waals surface area contributed by atoms with Gasteiger partial charge in [-0.2, -0.15) is 0 Å². The number of esters is 1. The van der Waals surface area contributed by atoms with E-state index >= 15 is 0 Å². The lowest BCUT2D eigenvalue weighted by Crippen LogP contribution is -2.06. The second-order valence-electron chi connectivity index (χ2n) is 6.29. The van der Waals surface area contributed by atoms with E-state index in [0.29, 0.717) is 22.8 Å². The summed E-state index contributed by atoms with van der Waals surface area (Å²) in [6.45, 7) is 0. The van der Waals surface area contributed by atoms with Crippen molar-refractivity contribution in [1.82, 2.24) is 0 Å². The molecule has 1 aliphatic rings. The molecular formula is C23H19NO5. The Kier molecular flexibility index (Phi) is 4.91. The van der Waals surface area contributed by atoms with Gasteiger partial charge in [-0.05, 0) is 35.0 Å². The molecule has 3 aromatic carbocycles. The fourth-order valence-electron chi connectivity index (χ4n) is 3.32. The van der Waals surface area contributed by atoms with Crippen LogP contribution in [0.25, 0.3) is 16.8 Å². The standard InChI is InChI=1S/C23H19NO5/c1-26-19-12-11-15(20(27-2)21(19)28-3)13-18-23(25)29-22(24-18)17-10-6-8-14-7-4-5-9-16(14)17/h4-13H,1-3H3. The average molecular weight is 389 g/mol. The van der Waals surface area contributed by atoms with E-state index in [4.69, 9.17) is 18.9 Å². The monoisotopic (exact) mass is 389 g/mol. The van der Waals surface area contributed by atoms with E-state index in [1.165, 1.54) is 14.2 Å². The quantitative estimate of drug-likeness (QED) is 0.483. The lowest BCUT2D eigenvalue weighted by Gasteiger charge is -2.14. The van der Waals surface area contributed by atoms with Gasteiger partial charge in [0.2, 0.25) is 11.6 Å². The molecular weight excluding hydrogens is 370 g/mol. The zero-order chi connectivity index (χ0) is 20.4. The molecule has 0 atom stereocenters. The SMILES string of the molecule is COc1ccc(C=C2N=C(c3cccc4ccccc34)OC2=O)c(OC)c1OC. The maximum absolute atomic E-state index is 12.5. The highest BCUT2D eigenvalue weighted by atomic mass is 16.6. The molecule has 0 spiro atoms. The van der Waals surface area contributed by atoms with Crippen LogP contribution in [0, 0.1) is 0 Å². The molecule has 1 heterocycles. The number of cyclic esters (lactones) is 1. The van der Waals surface area contributed by atoms with Gasteiger partial charge < -0.3 is 18.9 Å². The fourth-order valence-corrected chi connectivity index (χ4v) is 3.32. The van der Waals surface area contributed by atoms with Gasteiger partial charge in [-0.25, -0.2) is 9.79 Å². The smallest absolute Gasteiger partial charge is 0.363 e. The van der Waals surface area contributed by atoms with E-state index in [1.807, 2.05) is 42.5 Å². The Morgan fingerprint density at radius 1 is 0.862 bits per heavy atom. The van der Waals surface area contributed by atoms with Gasteiger partial charge in [-0.3, -0.25) is 0 Å². The molecule has 0 saturated heterocycles.